The van der Waals surface area contributed by atoms with Gasteiger partial charge < -0.3 is 14.2 Å². The fourth-order valence-electron chi connectivity index (χ4n) is 2.07. The molecule has 4 nitrogen and oxygen atoms in total. The van der Waals surface area contributed by atoms with E-state index in [2.05, 4.69) is 20.9 Å². The third-order valence-electron chi connectivity index (χ3n) is 3.22. The first-order valence-electron chi connectivity index (χ1n) is 6.45. The van der Waals surface area contributed by atoms with Crippen LogP contribution in [0.15, 0.2) is 39.8 Å². The molecule has 0 bridgehead atoms. The van der Waals surface area contributed by atoms with Crippen LogP contribution in [0.25, 0.3) is 0 Å². The van der Waals surface area contributed by atoms with Crippen molar-refractivity contribution >= 4 is 27.8 Å². The zero-order valence-corrected chi connectivity index (χ0v) is 13.3. The van der Waals surface area contributed by atoms with Gasteiger partial charge in [-0.05, 0) is 36.8 Å². The van der Waals surface area contributed by atoms with Crippen LogP contribution in [0.4, 0.5) is 5.69 Å². The van der Waals surface area contributed by atoms with Gasteiger partial charge >= 0.3 is 0 Å². The molecular weight excluding hydrogens is 334 g/mol. The van der Waals surface area contributed by atoms with Crippen molar-refractivity contribution in [3.8, 4) is 17.2 Å². The quantitative estimate of drug-likeness (QED) is 0.779. The van der Waals surface area contributed by atoms with E-state index in [0.717, 1.165) is 21.3 Å². The highest BCUT2D eigenvalue weighted by molar-refractivity contribution is 9.10. The van der Waals surface area contributed by atoms with Gasteiger partial charge in [0.2, 0.25) is 6.79 Å². The monoisotopic (exact) mass is 347 g/mol. The standard InChI is InChI=1S/C16H14BrNO3/c1-10-5-12(3-4-13(10)17)18-8-11-6-15-16(21-9-20-15)7-14(11)19-2/h3-8H,9H2,1-2H3. The molecule has 1 aliphatic rings. The average Bonchev–Trinajstić information content (AvgIpc) is 2.94. The Morgan fingerprint density at radius 2 is 1.95 bits per heavy atom. The molecule has 3 rings (SSSR count). The smallest absolute Gasteiger partial charge is 0.231 e. The number of aryl methyl sites for hydroxylation is 1. The van der Waals surface area contributed by atoms with E-state index in [9.17, 15) is 0 Å². The van der Waals surface area contributed by atoms with Crippen molar-refractivity contribution in [1.29, 1.82) is 0 Å². The minimum Gasteiger partial charge on any atom is -0.496 e. The van der Waals surface area contributed by atoms with E-state index in [1.54, 1.807) is 13.3 Å². The van der Waals surface area contributed by atoms with E-state index in [0.29, 0.717) is 17.2 Å². The van der Waals surface area contributed by atoms with Crippen molar-refractivity contribution in [2.24, 2.45) is 4.99 Å². The summed E-state index contributed by atoms with van der Waals surface area (Å²) in [6.45, 7) is 2.27. The van der Waals surface area contributed by atoms with Crippen LogP contribution in [-0.4, -0.2) is 20.1 Å². The van der Waals surface area contributed by atoms with Crippen LogP contribution in [0.3, 0.4) is 0 Å². The molecule has 5 heteroatoms. The van der Waals surface area contributed by atoms with Crippen LogP contribution >= 0.6 is 15.9 Å². The summed E-state index contributed by atoms with van der Waals surface area (Å²) in [6, 6.07) is 9.64. The van der Waals surface area contributed by atoms with E-state index >= 15 is 0 Å². The molecule has 0 unspecified atom stereocenters. The number of fused-ring (bicyclic) bond motifs is 1. The summed E-state index contributed by atoms with van der Waals surface area (Å²) in [5.41, 5.74) is 2.88. The third kappa shape index (κ3) is 2.88. The number of ether oxygens (including phenoxy) is 3. The van der Waals surface area contributed by atoms with E-state index in [1.807, 2.05) is 37.3 Å². The summed E-state index contributed by atoms with van der Waals surface area (Å²) in [5.74, 6) is 2.12. The zero-order chi connectivity index (χ0) is 14.8. The van der Waals surface area contributed by atoms with Gasteiger partial charge in [-0.25, -0.2) is 0 Å². The predicted octanol–water partition coefficient (Wildman–Crippen LogP) is 4.25. The maximum atomic E-state index is 5.38. The predicted molar refractivity (Wildman–Crippen MR) is 85.3 cm³/mol. The molecule has 0 radical (unpaired) electrons. The van der Waals surface area contributed by atoms with Gasteiger partial charge in [0.25, 0.3) is 0 Å². The number of halogens is 1. The molecule has 0 N–H and O–H groups in total. The number of hydrogen-bond donors (Lipinski definition) is 0. The Kier molecular flexibility index (Phi) is 3.84. The Balaban J connectivity index is 1.93. The molecule has 1 aliphatic heterocycles. The molecule has 0 amide bonds. The van der Waals surface area contributed by atoms with Crippen molar-refractivity contribution in [3.63, 3.8) is 0 Å². The third-order valence-corrected chi connectivity index (χ3v) is 4.11. The van der Waals surface area contributed by atoms with E-state index in [4.69, 9.17) is 14.2 Å². The molecule has 0 saturated heterocycles. The second kappa shape index (κ2) is 5.77. The van der Waals surface area contributed by atoms with Crippen molar-refractivity contribution < 1.29 is 14.2 Å². The first-order chi connectivity index (χ1) is 10.2. The Morgan fingerprint density at radius 1 is 1.19 bits per heavy atom. The fourth-order valence-corrected chi connectivity index (χ4v) is 2.32. The van der Waals surface area contributed by atoms with Crippen LogP contribution in [0, 0.1) is 6.92 Å². The van der Waals surface area contributed by atoms with Gasteiger partial charge in [-0.15, -0.1) is 0 Å². The van der Waals surface area contributed by atoms with Crippen LogP contribution in [0.5, 0.6) is 17.2 Å². The number of hydrogen-bond acceptors (Lipinski definition) is 4. The lowest BCUT2D eigenvalue weighted by Crippen LogP contribution is -1.92. The van der Waals surface area contributed by atoms with Crippen molar-refractivity contribution in [2.45, 2.75) is 6.92 Å². The second-order valence-corrected chi connectivity index (χ2v) is 5.49. The minimum atomic E-state index is 0.241. The molecule has 0 aliphatic carbocycles. The molecule has 1 heterocycles. The Hall–Kier alpha value is -2.01. The molecular formula is C16H14BrNO3. The Labute approximate surface area is 131 Å². The molecule has 2 aromatic rings. The van der Waals surface area contributed by atoms with Gasteiger partial charge in [-0.3, -0.25) is 4.99 Å². The van der Waals surface area contributed by atoms with E-state index < -0.39 is 0 Å². The lowest BCUT2D eigenvalue weighted by atomic mass is 10.2. The number of benzene rings is 2. The minimum absolute atomic E-state index is 0.241. The number of rotatable bonds is 3. The van der Waals surface area contributed by atoms with Crippen molar-refractivity contribution in [1.82, 2.24) is 0 Å². The number of nitrogens with zero attached hydrogens (tertiary/aromatic N) is 1. The second-order valence-electron chi connectivity index (χ2n) is 4.64. The normalized spacial score (nSPS) is 12.9. The zero-order valence-electron chi connectivity index (χ0n) is 11.7. The molecule has 0 atom stereocenters. The topological polar surface area (TPSA) is 40.0 Å². The summed E-state index contributed by atoms with van der Waals surface area (Å²) < 4.78 is 17.2. The highest BCUT2D eigenvalue weighted by atomic mass is 79.9. The van der Waals surface area contributed by atoms with Gasteiger partial charge in [0.15, 0.2) is 11.5 Å². The summed E-state index contributed by atoms with van der Waals surface area (Å²) in [5, 5.41) is 0. The summed E-state index contributed by atoms with van der Waals surface area (Å²) in [7, 11) is 1.62. The highest BCUT2D eigenvalue weighted by Crippen LogP contribution is 2.37. The Morgan fingerprint density at radius 3 is 2.67 bits per heavy atom. The lowest BCUT2D eigenvalue weighted by Gasteiger charge is -2.06. The first-order valence-corrected chi connectivity index (χ1v) is 7.24. The molecule has 0 spiro atoms. The summed E-state index contributed by atoms with van der Waals surface area (Å²) in [4.78, 5) is 4.49. The van der Waals surface area contributed by atoms with Crippen LogP contribution in [-0.2, 0) is 0 Å². The molecule has 0 saturated carbocycles. The highest BCUT2D eigenvalue weighted by Gasteiger charge is 2.16. The van der Waals surface area contributed by atoms with Gasteiger partial charge in [-0.2, -0.15) is 0 Å². The van der Waals surface area contributed by atoms with Crippen LogP contribution in [0.1, 0.15) is 11.1 Å². The SMILES string of the molecule is COc1cc2c(cc1C=Nc1ccc(Br)c(C)c1)OCO2. The molecule has 0 fully saturated rings. The van der Waals surface area contributed by atoms with E-state index in [1.165, 1.54) is 0 Å². The molecule has 0 aromatic heterocycles. The van der Waals surface area contributed by atoms with Crippen LogP contribution in [0.2, 0.25) is 0 Å². The number of aliphatic imine (C=N–C) groups is 1. The Bertz CT molecular complexity index is 713. The van der Waals surface area contributed by atoms with Gasteiger partial charge in [0.1, 0.15) is 5.75 Å². The maximum absolute atomic E-state index is 5.38. The summed E-state index contributed by atoms with van der Waals surface area (Å²) in [6.07, 6.45) is 1.77. The fraction of sp³-hybridized carbons (Fsp3) is 0.188. The lowest BCUT2D eigenvalue weighted by molar-refractivity contribution is 0.174. The first kappa shape index (κ1) is 13.9. The largest absolute Gasteiger partial charge is 0.496 e. The van der Waals surface area contributed by atoms with Gasteiger partial charge in [0, 0.05) is 22.3 Å². The van der Waals surface area contributed by atoms with Crippen molar-refractivity contribution in [2.75, 3.05) is 13.9 Å². The molecule has 21 heavy (non-hydrogen) atoms. The van der Waals surface area contributed by atoms with Gasteiger partial charge in [-0.1, -0.05) is 15.9 Å². The van der Waals surface area contributed by atoms with Crippen LogP contribution < -0.4 is 14.2 Å². The molecule has 108 valence electrons. The van der Waals surface area contributed by atoms with Gasteiger partial charge in [0.05, 0.1) is 12.8 Å². The number of methoxy groups -OCH3 is 1. The summed E-state index contributed by atoms with van der Waals surface area (Å²) >= 11 is 3.48. The maximum Gasteiger partial charge on any atom is 0.231 e. The van der Waals surface area contributed by atoms with Crippen molar-refractivity contribution in [3.05, 3.63) is 45.9 Å². The molecule has 2 aromatic carbocycles. The van der Waals surface area contributed by atoms with E-state index in [-0.39, 0.29) is 6.79 Å². The average molecular weight is 348 g/mol.